The summed E-state index contributed by atoms with van der Waals surface area (Å²) in [6.45, 7) is 0.744. The molecule has 2 aromatic rings. The van der Waals surface area contributed by atoms with Crippen molar-refractivity contribution in [2.24, 2.45) is 0 Å². The smallest absolute Gasteiger partial charge is 0.254 e. The predicted octanol–water partition coefficient (Wildman–Crippen LogP) is 3.72. The predicted molar refractivity (Wildman–Crippen MR) is 102 cm³/mol. The van der Waals surface area contributed by atoms with E-state index in [1.165, 1.54) is 11.8 Å². The Morgan fingerprint density at radius 1 is 1.23 bits per heavy atom. The number of methoxy groups -OCH3 is 1. The van der Waals surface area contributed by atoms with Crippen molar-refractivity contribution in [1.82, 2.24) is 4.90 Å². The summed E-state index contributed by atoms with van der Waals surface area (Å²) in [5.41, 5.74) is 2.47. The van der Waals surface area contributed by atoms with Crippen molar-refractivity contribution in [3.63, 3.8) is 0 Å². The van der Waals surface area contributed by atoms with Crippen LogP contribution in [0.2, 0.25) is 0 Å². The molecule has 1 atom stereocenters. The highest BCUT2D eigenvalue weighted by Crippen LogP contribution is 2.36. The Labute approximate surface area is 156 Å². The number of benzene rings is 2. The number of amides is 2. The SMILES string of the molecule is COc1ccc(C2CCCN2C(=O)c2ccc3c(c2)NC(=O)CS3)cc1. The van der Waals surface area contributed by atoms with Gasteiger partial charge in [-0.05, 0) is 48.7 Å². The van der Waals surface area contributed by atoms with Gasteiger partial charge in [-0.3, -0.25) is 9.59 Å². The Kier molecular flexibility index (Phi) is 4.59. The highest BCUT2D eigenvalue weighted by Gasteiger charge is 2.31. The Morgan fingerprint density at radius 2 is 2.04 bits per heavy atom. The summed E-state index contributed by atoms with van der Waals surface area (Å²) in [4.78, 5) is 27.7. The molecule has 2 amide bonds. The van der Waals surface area contributed by atoms with E-state index >= 15 is 0 Å². The number of hydrogen-bond donors (Lipinski definition) is 1. The number of anilines is 1. The van der Waals surface area contributed by atoms with Gasteiger partial charge in [0.05, 0.1) is 24.6 Å². The average molecular weight is 368 g/mol. The molecular weight excluding hydrogens is 348 g/mol. The zero-order valence-corrected chi connectivity index (χ0v) is 15.3. The lowest BCUT2D eigenvalue weighted by molar-refractivity contribution is -0.113. The Balaban J connectivity index is 1.58. The van der Waals surface area contributed by atoms with Gasteiger partial charge in [0.2, 0.25) is 5.91 Å². The number of carbonyl (C=O) groups is 2. The molecule has 0 bridgehead atoms. The molecule has 26 heavy (non-hydrogen) atoms. The molecule has 1 saturated heterocycles. The van der Waals surface area contributed by atoms with Crippen LogP contribution < -0.4 is 10.1 Å². The summed E-state index contributed by atoms with van der Waals surface area (Å²) in [6, 6.07) is 13.6. The second kappa shape index (κ2) is 7.03. The monoisotopic (exact) mass is 368 g/mol. The fraction of sp³-hybridized carbons (Fsp3) is 0.300. The second-order valence-electron chi connectivity index (χ2n) is 6.48. The first-order valence-corrected chi connectivity index (χ1v) is 9.66. The maximum atomic E-state index is 13.1. The van der Waals surface area contributed by atoms with Gasteiger partial charge in [0, 0.05) is 17.0 Å². The van der Waals surface area contributed by atoms with Gasteiger partial charge in [-0.25, -0.2) is 0 Å². The molecule has 1 N–H and O–H groups in total. The quantitative estimate of drug-likeness (QED) is 0.897. The van der Waals surface area contributed by atoms with Crippen molar-refractivity contribution in [3.05, 3.63) is 53.6 Å². The number of nitrogens with one attached hydrogen (secondary N) is 1. The summed E-state index contributed by atoms with van der Waals surface area (Å²) in [6.07, 6.45) is 1.94. The van der Waals surface area contributed by atoms with Crippen LogP contribution in [0.3, 0.4) is 0 Å². The van der Waals surface area contributed by atoms with Gasteiger partial charge in [-0.1, -0.05) is 12.1 Å². The Bertz CT molecular complexity index is 851. The zero-order valence-electron chi connectivity index (χ0n) is 14.5. The number of rotatable bonds is 3. The van der Waals surface area contributed by atoms with Crippen molar-refractivity contribution in [1.29, 1.82) is 0 Å². The molecular formula is C20H20N2O3S. The molecule has 0 radical (unpaired) electrons. The summed E-state index contributed by atoms with van der Waals surface area (Å²) >= 11 is 1.50. The number of hydrogen-bond acceptors (Lipinski definition) is 4. The third kappa shape index (κ3) is 3.17. The molecule has 6 heteroatoms. The molecule has 0 spiro atoms. The number of likely N-dealkylation sites (tertiary alicyclic amines) is 1. The minimum atomic E-state index is -0.0237. The zero-order chi connectivity index (χ0) is 18.1. The van der Waals surface area contributed by atoms with Gasteiger partial charge in [0.15, 0.2) is 0 Å². The molecule has 1 fully saturated rings. The van der Waals surface area contributed by atoms with Crippen LogP contribution in [-0.2, 0) is 4.79 Å². The number of nitrogens with zero attached hydrogens (tertiary/aromatic N) is 1. The number of fused-ring (bicyclic) bond motifs is 1. The minimum Gasteiger partial charge on any atom is -0.497 e. The summed E-state index contributed by atoms with van der Waals surface area (Å²) in [7, 11) is 1.65. The van der Waals surface area contributed by atoms with E-state index < -0.39 is 0 Å². The normalized spacial score (nSPS) is 19.0. The second-order valence-corrected chi connectivity index (χ2v) is 7.49. The third-order valence-electron chi connectivity index (χ3n) is 4.87. The van der Waals surface area contributed by atoms with Gasteiger partial charge in [-0.2, -0.15) is 0 Å². The van der Waals surface area contributed by atoms with E-state index in [9.17, 15) is 9.59 Å². The van der Waals surface area contributed by atoms with Crippen molar-refractivity contribution >= 4 is 29.3 Å². The van der Waals surface area contributed by atoms with Crippen molar-refractivity contribution < 1.29 is 14.3 Å². The van der Waals surface area contributed by atoms with E-state index in [1.807, 2.05) is 41.3 Å². The Morgan fingerprint density at radius 3 is 2.81 bits per heavy atom. The highest BCUT2D eigenvalue weighted by atomic mass is 32.2. The first-order chi connectivity index (χ1) is 12.7. The molecule has 5 nitrogen and oxygen atoms in total. The van der Waals surface area contributed by atoms with Crippen LogP contribution in [0, 0.1) is 0 Å². The van der Waals surface area contributed by atoms with Crippen molar-refractivity contribution in [2.45, 2.75) is 23.8 Å². The van der Waals surface area contributed by atoms with Crippen LogP contribution in [-0.4, -0.2) is 36.1 Å². The molecule has 134 valence electrons. The highest BCUT2D eigenvalue weighted by molar-refractivity contribution is 8.00. The van der Waals surface area contributed by atoms with Crippen LogP contribution >= 0.6 is 11.8 Å². The van der Waals surface area contributed by atoms with Crippen LogP contribution in [0.5, 0.6) is 5.75 Å². The minimum absolute atomic E-state index is 0.0101. The lowest BCUT2D eigenvalue weighted by atomic mass is 10.0. The van der Waals surface area contributed by atoms with E-state index in [0.29, 0.717) is 11.3 Å². The molecule has 1 unspecified atom stereocenters. The number of carbonyl (C=O) groups excluding carboxylic acids is 2. The van der Waals surface area contributed by atoms with E-state index in [4.69, 9.17) is 4.74 Å². The maximum absolute atomic E-state index is 13.1. The summed E-state index contributed by atoms with van der Waals surface area (Å²) in [5, 5.41) is 2.86. The molecule has 2 aliphatic rings. The molecule has 2 heterocycles. The topological polar surface area (TPSA) is 58.6 Å². The fourth-order valence-corrected chi connectivity index (χ4v) is 4.35. The van der Waals surface area contributed by atoms with Crippen LogP contribution in [0.1, 0.15) is 34.8 Å². The lowest BCUT2D eigenvalue weighted by Crippen LogP contribution is -2.30. The Hall–Kier alpha value is -2.47. The lowest BCUT2D eigenvalue weighted by Gasteiger charge is -2.26. The first-order valence-electron chi connectivity index (χ1n) is 8.67. The van der Waals surface area contributed by atoms with E-state index in [2.05, 4.69) is 5.32 Å². The summed E-state index contributed by atoms with van der Waals surface area (Å²) in [5.74, 6) is 1.22. The van der Waals surface area contributed by atoms with Gasteiger partial charge >= 0.3 is 0 Å². The van der Waals surface area contributed by atoms with Gasteiger partial charge < -0.3 is 15.0 Å². The van der Waals surface area contributed by atoms with Crippen LogP contribution in [0.15, 0.2) is 47.4 Å². The molecule has 0 aromatic heterocycles. The first kappa shape index (κ1) is 17.0. The van der Waals surface area contributed by atoms with E-state index in [1.54, 1.807) is 13.2 Å². The van der Waals surface area contributed by atoms with Gasteiger partial charge in [0.25, 0.3) is 5.91 Å². The number of ether oxygens (including phenoxy) is 1. The molecule has 0 aliphatic carbocycles. The van der Waals surface area contributed by atoms with Crippen LogP contribution in [0.4, 0.5) is 5.69 Å². The van der Waals surface area contributed by atoms with Crippen LogP contribution in [0.25, 0.3) is 0 Å². The van der Waals surface area contributed by atoms with E-state index in [0.717, 1.165) is 41.3 Å². The van der Waals surface area contributed by atoms with Crippen molar-refractivity contribution in [3.8, 4) is 5.75 Å². The largest absolute Gasteiger partial charge is 0.497 e. The standard InChI is InChI=1S/C20H20N2O3S/c1-25-15-7-4-13(5-8-15)17-3-2-10-22(17)20(24)14-6-9-18-16(11-14)21-19(23)12-26-18/h4-9,11,17H,2-3,10,12H2,1H3,(H,21,23). The van der Waals surface area contributed by atoms with Gasteiger partial charge in [-0.15, -0.1) is 11.8 Å². The van der Waals surface area contributed by atoms with Crippen molar-refractivity contribution in [2.75, 3.05) is 24.7 Å². The fourth-order valence-electron chi connectivity index (χ4n) is 3.56. The third-order valence-corrected chi connectivity index (χ3v) is 5.95. The maximum Gasteiger partial charge on any atom is 0.254 e. The van der Waals surface area contributed by atoms with Gasteiger partial charge in [0.1, 0.15) is 5.75 Å². The molecule has 2 aromatic carbocycles. The number of thioether (sulfide) groups is 1. The van der Waals surface area contributed by atoms with E-state index in [-0.39, 0.29) is 17.9 Å². The average Bonchev–Trinajstić information content (AvgIpc) is 3.16. The molecule has 2 aliphatic heterocycles. The summed E-state index contributed by atoms with van der Waals surface area (Å²) < 4.78 is 5.22. The molecule has 0 saturated carbocycles. The molecule has 4 rings (SSSR count).